The van der Waals surface area contributed by atoms with Gasteiger partial charge < -0.3 is 20.1 Å². The third kappa shape index (κ3) is 4.54. The van der Waals surface area contributed by atoms with Crippen LogP contribution < -0.4 is 20.1 Å². The Bertz CT molecular complexity index is 1270. The summed E-state index contributed by atoms with van der Waals surface area (Å²) in [5, 5.41) is 11.2. The SMILES string of the molecule is CCC1CCC(CNC(=O)c2cc(-c3ccc4c(c3)OCCO4)nc3c2cnn3C(C)C)C(=O)N1. The quantitative estimate of drug-likeness (QED) is 0.563. The molecule has 2 aliphatic heterocycles. The molecule has 1 fully saturated rings. The standard InChI is InChI=1S/C26H31N5O4/c1-4-18-7-5-17(25(32)29-18)13-27-26(33)19-12-21(30-24-20(19)14-28-31(24)15(2)3)16-6-8-22-23(11-16)35-10-9-34-22/h6,8,11-12,14-15,17-18H,4-5,7,9-10,13H2,1-3H3,(H,27,33)(H,29,32). The normalized spacial score (nSPS) is 19.6. The minimum Gasteiger partial charge on any atom is -0.486 e. The molecule has 0 spiro atoms. The molecular weight excluding hydrogens is 446 g/mol. The number of nitrogens with one attached hydrogen (secondary N) is 2. The van der Waals surface area contributed by atoms with Crippen molar-refractivity contribution in [3.8, 4) is 22.8 Å². The summed E-state index contributed by atoms with van der Waals surface area (Å²) in [5.74, 6) is 0.891. The lowest BCUT2D eigenvalue weighted by Crippen LogP contribution is -2.47. The van der Waals surface area contributed by atoms with Gasteiger partial charge in [-0.3, -0.25) is 9.59 Å². The second-order valence-corrected chi connectivity index (χ2v) is 9.43. The number of aromatic nitrogens is 3. The van der Waals surface area contributed by atoms with E-state index in [1.165, 1.54) is 0 Å². The van der Waals surface area contributed by atoms with E-state index in [0.29, 0.717) is 53.5 Å². The fourth-order valence-electron chi connectivity index (χ4n) is 4.67. The van der Waals surface area contributed by atoms with E-state index in [-0.39, 0.29) is 29.8 Å². The van der Waals surface area contributed by atoms with Crippen molar-refractivity contribution in [1.29, 1.82) is 0 Å². The van der Waals surface area contributed by atoms with Crippen LogP contribution in [0.1, 0.15) is 56.4 Å². The summed E-state index contributed by atoms with van der Waals surface area (Å²) in [7, 11) is 0. The molecule has 2 N–H and O–H groups in total. The molecule has 9 nitrogen and oxygen atoms in total. The highest BCUT2D eigenvalue weighted by molar-refractivity contribution is 6.06. The Labute approximate surface area is 204 Å². The van der Waals surface area contributed by atoms with Crippen LogP contribution in [-0.4, -0.2) is 52.4 Å². The number of pyridine rings is 1. The number of hydrogen-bond acceptors (Lipinski definition) is 6. The van der Waals surface area contributed by atoms with Crippen molar-refractivity contribution in [2.75, 3.05) is 19.8 Å². The maximum absolute atomic E-state index is 13.4. The third-order valence-corrected chi connectivity index (χ3v) is 6.72. The van der Waals surface area contributed by atoms with Gasteiger partial charge in [0.05, 0.1) is 28.8 Å². The van der Waals surface area contributed by atoms with E-state index in [1.54, 1.807) is 12.3 Å². The molecule has 2 unspecified atom stereocenters. The molecule has 0 saturated carbocycles. The average Bonchev–Trinajstić information content (AvgIpc) is 3.31. The summed E-state index contributed by atoms with van der Waals surface area (Å²) in [4.78, 5) is 30.7. The highest BCUT2D eigenvalue weighted by Crippen LogP contribution is 2.35. The Morgan fingerprint density at radius 3 is 2.74 bits per heavy atom. The number of piperidine rings is 1. The average molecular weight is 478 g/mol. The monoisotopic (exact) mass is 477 g/mol. The predicted octanol–water partition coefficient (Wildman–Crippen LogP) is 3.49. The lowest BCUT2D eigenvalue weighted by molar-refractivity contribution is -0.127. The number of fused-ring (bicyclic) bond motifs is 2. The Balaban J connectivity index is 1.46. The minimum absolute atomic E-state index is 0.00729. The number of nitrogens with zero attached hydrogens (tertiary/aromatic N) is 3. The number of rotatable bonds is 6. The van der Waals surface area contributed by atoms with Gasteiger partial charge in [-0.05, 0) is 57.4 Å². The summed E-state index contributed by atoms with van der Waals surface area (Å²) in [6.07, 6.45) is 4.30. The summed E-state index contributed by atoms with van der Waals surface area (Å²) in [6, 6.07) is 7.74. The van der Waals surface area contributed by atoms with E-state index in [1.807, 2.05) is 36.7 Å². The first kappa shape index (κ1) is 23.1. The van der Waals surface area contributed by atoms with Gasteiger partial charge in [0.2, 0.25) is 5.91 Å². The molecule has 2 amide bonds. The van der Waals surface area contributed by atoms with Crippen molar-refractivity contribution in [2.24, 2.45) is 5.92 Å². The zero-order chi connectivity index (χ0) is 24.5. The molecule has 2 aromatic heterocycles. The molecule has 184 valence electrons. The van der Waals surface area contributed by atoms with E-state index >= 15 is 0 Å². The molecule has 9 heteroatoms. The lowest BCUT2D eigenvalue weighted by Gasteiger charge is -2.28. The Hall–Kier alpha value is -3.62. The molecule has 0 radical (unpaired) electrons. The first-order valence-electron chi connectivity index (χ1n) is 12.3. The van der Waals surface area contributed by atoms with E-state index in [4.69, 9.17) is 14.5 Å². The van der Waals surface area contributed by atoms with Crippen LogP contribution in [0.25, 0.3) is 22.3 Å². The van der Waals surface area contributed by atoms with Crippen LogP contribution in [0.15, 0.2) is 30.5 Å². The molecule has 0 aliphatic carbocycles. The molecule has 3 aromatic rings. The third-order valence-electron chi connectivity index (χ3n) is 6.72. The van der Waals surface area contributed by atoms with Crippen molar-refractivity contribution in [1.82, 2.24) is 25.4 Å². The number of amides is 2. The molecule has 4 heterocycles. The van der Waals surface area contributed by atoms with Gasteiger partial charge in [0.1, 0.15) is 13.2 Å². The predicted molar refractivity (Wildman–Crippen MR) is 132 cm³/mol. The van der Waals surface area contributed by atoms with Crippen LogP contribution in [0.5, 0.6) is 11.5 Å². The summed E-state index contributed by atoms with van der Waals surface area (Å²) in [6.45, 7) is 7.42. The molecule has 2 atom stereocenters. The Morgan fingerprint density at radius 2 is 2.00 bits per heavy atom. The van der Waals surface area contributed by atoms with Crippen molar-refractivity contribution >= 4 is 22.8 Å². The van der Waals surface area contributed by atoms with Gasteiger partial charge >= 0.3 is 0 Å². The van der Waals surface area contributed by atoms with Crippen LogP contribution in [0.3, 0.4) is 0 Å². The number of carbonyl (C=O) groups is 2. The second kappa shape index (κ2) is 9.56. The highest BCUT2D eigenvalue weighted by Gasteiger charge is 2.28. The van der Waals surface area contributed by atoms with Gasteiger partial charge in [-0.15, -0.1) is 0 Å². The molecule has 5 rings (SSSR count). The topological polar surface area (TPSA) is 107 Å². The number of carbonyl (C=O) groups excluding carboxylic acids is 2. The maximum atomic E-state index is 13.4. The van der Waals surface area contributed by atoms with Crippen LogP contribution in [0, 0.1) is 5.92 Å². The molecule has 35 heavy (non-hydrogen) atoms. The first-order valence-corrected chi connectivity index (χ1v) is 12.3. The van der Waals surface area contributed by atoms with Crippen molar-refractivity contribution in [3.05, 3.63) is 36.0 Å². The number of hydrogen-bond donors (Lipinski definition) is 2. The molecule has 0 bridgehead atoms. The van der Waals surface area contributed by atoms with Crippen LogP contribution in [-0.2, 0) is 4.79 Å². The summed E-state index contributed by atoms with van der Waals surface area (Å²) >= 11 is 0. The minimum atomic E-state index is -0.245. The molecule has 1 aromatic carbocycles. The van der Waals surface area contributed by atoms with E-state index in [0.717, 1.165) is 24.8 Å². The molecular formula is C26H31N5O4. The van der Waals surface area contributed by atoms with Gasteiger partial charge in [-0.25, -0.2) is 9.67 Å². The van der Waals surface area contributed by atoms with Gasteiger partial charge in [-0.1, -0.05) is 6.92 Å². The zero-order valence-corrected chi connectivity index (χ0v) is 20.3. The Morgan fingerprint density at radius 1 is 1.20 bits per heavy atom. The van der Waals surface area contributed by atoms with Gasteiger partial charge in [0.25, 0.3) is 5.91 Å². The zero-order valence-electron chi connectivity index (χ0n) is 20.3. The van der Waals surface area contributed by atoms with Crippen LogP contribution in [0.4, 0.5) is 0 Å². The Kier molecular flexibility index (Phi) is 6.32. The van der Waals surface area contributed by atoms with Gasteiger partial charge in [0, 0.05) is 24.2 Å². The molecule has 1 saturated heterocycles. The first-order chi connectivity index (χ1) is 16.9. The summed E-state index contributed by atoms with van der Waals surface area (Å²) in [5.41, 5.74) is 2.58. The van der Waals surface area contributed by atoms with Crippen LogP contribution >= 0.6 is 0 Å². The van der Waals surface area contributed by atoms with E-state index in [2.05, 4.69) is 22.7 Å². The lowest BCUT2D eigenvalue weighted by atomic mass is 9.92. The van der Waals surface area contributed by atoms with E-state index in [9.17, 15) is 9.59 Å². The number of ether oxygens (including phenoxy) is 2. The van der Waals surface area contributed by atoms with Crippen molar-refractivity contribution in [3.63, 3.8) is 0 Å². The van der Waals surface area contributed by atoms with Gasteiger partial charge in [-0.2, -0.15) is 5.10 Å². The number of benzene rings is 1. The molecule has 2 aliphatic rings. The van der Waals surface area contributed by atoms with E-state index < -0.39 is 0 Å². The smallest absolute Gasteiger partial charge is 0.252 e. The fraction of sp³-hybridized carbons (Fsp3) is 0.462. The van der Waals surface area contributed by atoms with Crippen molar-refractivity contribution in [2.45, 2.75) is 52.1 Å². The van der Waals surface area contributed by atoms with Crippen molar-refractivity contribution < 1.29 is 19.1 Å². The fourth-order valence-corrected chi connectivity index (χ4v) is 4.67. The van der Waals surface area contributed by atoms with Crippen LogP contribution in [0.2, 0.25) is 0 Å². The highest BCUT2D eigenvalue weighted by atomic mass is 16.6. The largest absolute Gasteiger partial charge is 0.486 e. The second-order valence-electron chi connectivity index (χ2n) is 9.43. The summed E-state index contributed by atoms with van der Waals surface area (Å²) < 4.78 is 13.2. The van der Waals surface area contributed by atoms with Gasteiger partial charge in [0.15, 0.2) is 17.1 Å². The maximum Gasteiger partial charge on any atom is 0.252 e.